The smallest absolute Gasteiger partial charge is 0.317 e. The molecule has 0 unspecified atom stereocenters. The first-order valence-electron chi connectivity index (χ1n) is 9.01. The van der Waals surface area contributed by atoms with E-state index in [1.807, 2.05) is 36.9 Å². The maximum Gasteiger partial charge on any atom is 0.317 e. The lowest BCUT2D eigenvalue weighted by Crippen LogP contribution is -2.54. The average Bonchev–Trinajstić information content (AvgIpc) is 2.60. The van der Waals surface area contributed by atoms with Crippen molar-refractivity contribution in [3.05, 3.63) is 34.9 Å². The Balaban J connectivity index is 1.71. The molecule has 0 bridgehead atoms. The molecule has 1 aromatic rings. The minimum absolute atomic E-state index is 0.0279. The zero-order valence-electron chi connectivity index (χ0n) is 15.0. The maximum absolute atomic E-state index is 12.7. The first kappa shape index (κ1) is 18.5. The van der Waals surface area contributed by atoms with Crippen LogP contribution in [0.5, 0.6) is 0 Å². The van der Waals surface area contributed by atoms with Crippen molar-refractivity contribution in [2.45, 2.75) is 44.3 Å². The van der Waals surface area contributed by atoms with Gasteiger partial charge in [-0.3, -0.25) is 0 Å². The summed E-state index contributed by atoms with van der Waals surface area (Å²) in [4.78, 5) is 14.5. The Hall–Kier alpha value is -1.30. The van der Waals surface area contributed by atoms with Gasteiger partial charge in [-0.2, -0.15) is 0 Å². The van der Waals surface area contributed by atoms with Crippen molar-refractivity contribution >= 4 is 17.6 Å². The van der Waals surface area contributed by atoms with Gasteiger partial charge in [0, 0.05) is 43.3 Å². The summed E-state index contributed by atoms with van der Waals surface area (Å²) in [6, 6.07) is 7.90. The third-order valence-electron chi connectivity index (χ3n) is 5.18. The molecule has 2 amide bonds. The number of amides is 2. The Morgan fingerprint density at radius 3 is 2.52 bits per heavy atom. The van der Waals surface area contributed by atoms with Gasteiger partial charge < -0.3 is 19.7 Å². The quantitative estimate of drug-likeness (QED) is 0.893. The second-order valence-electron chi connectivity index (χ2n) is 7.19. The van der Waals surface area contributed by atoms with E-state index in [4.69, 9.17) is 21.1 Å². The molecule has 1 aromatic carbocycles. The fraction of sp³-hybridized carbons (Fsp3) is 0.632. The van der Waals surface area contributed by atoms with Gasteiger partial charge in [0.1, 0.15) is 0 Å². The van der Waals surface area contributed by atoms with Crippen LogP contribution in [-0.2, 0) is 14.9 Å². The van der Waals surface area contributed by atoms with Gasteiger partial charge in [-0.05, 0) is 38.3 Å². The van der Waals surface area contributed by atoms with Crippen LogP contribution in [0.2, 0.25) is 5.02 Å². The number of benzene rings is 1. The highest BCUT2D eigenvalue weighted by molar-refractivity contribution is 6.31. The number of carbonyl (C=O) groups excluding carboxylic acids is 1. The van der Waals surface area contributed by atoms with Crippen LogP contribution < -0.4 is 5.32 Å². The predicted molar refractivity (Wildman–Crippen MR) is 98.2 cm³/mol. The Labute approximate surface area is 154 Å². The largest absolute Gasteiger partial charge is 0.381 e. The van der Waals surface area contributed by atoms with E-state index < -0.39 is 0 Å². The lowest BCUT2D eigenvalue weighted by atomic mass is 9.74. The number of rotatable bonds is 3. The first-order valence-corrected chi connectivity index (χ1v) is 9.39. The number of carbonyl (C=O) groups is 1. The van der Waals surface area contributed by atoms with Gasteiger partial charge in [0.2, 0.25) is 0 Å². The van der Waals surface area contributed by atoms with Crippen LogP contribution in [0.15, 0.2) is 24.3 Å². The van der Waals surface area contributed by atoms with Crippen molar-refractivity contribution in [2.75, 3.05) is 32.8 Å². The summed E-state index contributed by atoms with van der Waals surface area (Å²) in [5.41, 5.74) is 0.930. The minimum atomic E-state index is -0.171. The summed E-state index contributed by atoms with van der Waals surface area (Å²) in [5.74, 6) is 0. The molecule has 2 heterocycles. The number of hydrogen-bond acceptors (Lipinski definition) is 3. The molecule has 5 nitrogen and oxygen atoms in total. The monoisotopic (exact) mass is 366 g/mol. The summed E-state index contributed by atoms with van der Waals surface area (Å²) in [6.45, 7) is 7.19. The molecule has 0 aliphatic carbocycles. The SMILES string of the molecule is C[C@@H]1CN(C(=O)NCC2(c3ccccc3Cl)CCOCC2)C[C@H](C)O1. The molecule has 25 heavy (non-hydrogen) atoms. The number of hydrogen-bond donors (Lipinski definition) is 1. The Morgan fingerprint density at radius 2 is 1.88 bits per heavy atom. The molecular formula is C19H27ClN2O3. The highest BCUT2D eigenvalue weighted by atomic mass is 35.5. The molecule has 2 atom stereocenters. The second-order valence-corrected chi connectivity index (χ2v) is 7.60. The van der Waals surface area contributed by atoms with Crippen LogP contribution in [0.25, 0.3) is 0 Å². The molecule has 6 heteroatoms. The van der Waals surface area contributed by atoms with E-state index in [1.54, 1.807) is 0 Å². The molecule has 2 aliphatic rings. The molecule has 138 valence electrons. The van der Waals surface area contributed by atoms with E-state index in [0.717, 1.165) is 23.4 Å². The molecule has 0 saturated carbocycles. The molecular weight excluding hydrogens is 340 g/mol. The van der Waals surface area contributed by atoms with Crippen LogP contribution in [0, 0.1) is 0 Å². The van der Waals surface area contributed by atoms with Crippen molar-refractivity contribution in [1.82, 2.24) is 10.2 Å². The van der Waals surface area contributed by atoms with Gasteiger partial charge in [0.25, 0.3) is 0 Å². The Kier molecular flexibility index (Phi) is 5.87. The van der Waals surface area contributed by atoms with E-state index in [0.29, 0.717) is 32.8 Å². The highest BCUT2D eigenvalue weighted by Crippen LogP contribution is 2.38. The van der Waals surface area contributed by atoms with Crippen molar-refractivity contribution in [3.8, 4) is 0 Å². The standard InChI is InChI=1S/C19H27ClN2O3/c1-14-11-22(12-15(2)25-14)18(23)21-13-19(7-9-24-10-8-19)16-5-3-4-6-17(16)20/h3-6,14-15H,7-13H2,1-2H3,(H,21,23)/t14-,15+. The van der Waals surface area contributed by atoms with E-state index in [9.17, 15) is 4.79 Å². The van der Waals surface area contributed by atoms with Gasteiger partial charge in [-0.15, -0.1) is 0 Å². The third kappa shape index (κ3) is 4.27. The van der Waals surface area contributed by atoms with E-state index >= 15 is 0 Å². The zero-order valence-corrected chi connectivity index (χ0v) is 15.7. The summed E-state index contributed by atoms with van der Waals surface area (Å²) in [5, 5.41) is 3.90. The van der Waals surface area contributed by atoms with Crippen molar-refractivity contribution in [3.63, 3.8) is 0 Å². The van der Waals surface area contributed by atoms with Crippen LogP contribution in [-0.4, -0.2) is 56.0 Å². The number of urea groups is 1. The summed E-state index contributed by atoms with van der Waals surface area (Å²) >= 11 is 6.47. The molecule has 2 fully saturated rings. The molecule has 2 aliphatic heterocycles. The van der Waals surface area contributed by atoms with Crippen LogP contribution in [0.4, 0.5) is 4.79 Å². The fourth-order valence-electron chi connectivity index (χ4n) is 3.90. The Morgan fingerprint density at radius 1 is 1.24 bits per heavy atom. The average molecular weight is 367 g/mol. The topological polar surface area (TPSA) is 50.8 Å². The van der Waals surface area contributed by atoms with Crippen molar-refractivity contribution < 1.29 is 14.3 Å². The van der Waals surface area contributed by atoms with Gasteiger partial charge in [-0.1, -0.05) is 29.8 Å². The van der Waals surface area contributed by atoms with Gasteiger partial charge in [0.15, 0.2) is 0 Å². The van der Waals surface area contributed by atoms with Gasteiger partial charge in [-0.25, -0.2) is 4.79 Å². The molecule has 2 saturated heterocycles. The molecule has 3 rings (SSSR count). The van der Waals surface area contributed by atoms with Crippen LogP contribution in [0.3, 0.4) is 0 Å². The number of ether oxygens (including phenoxy) is 2. The lowest BCUT2D eigenvalue weighted by Gasteiger charge is -2.40. The number of morpholine rings is 1. The van der Waals surface area contributed by atoms with Gasteiger partial charge in [0.05, 0.1) is 12.2 Å². The van der Waals surface area contributed by atoms with Crippen LogP contribution in [0.1, 0.15) is 32.3 Å². The first-order chi connectivity index (χ1) is 12.0. The number of nitrogens with zero attached hydrogens (tertiary/aromatic N) is 1. The zero-order chi connectivity index (χ0) is 17.9. The maximum atomic E-state index is 12.7. The lowest BCUT2D eigenvalue weighted by molar-refractivity contribution is -0.0547. The van der Waals surface area contributed by atoms with Gasteiger partial charge >= 0.3 is 6.03 Å². The second kappa shape index (κ2) is 7.94. The molecule has 0 aromatic heterocycles. The van der Waals surface area contributed by atoms with Crippen LogP contribution >= 0.6 is 11.6 Å². The normalized spacial score (nSPS) is 26.3. The predicted octanol–water partition coefficient (Wildman–Crippen LogP) is 3.21. The molecule has 0 radical (unpaired) electrons. The minimum Gasteiger partial charge on any atom is -0.381 e. The third-order valence-corrected chi connectivity index (χ3v) is 5.51. The summed E-state index contributed by atoms with van der Waals surface area (Å²) < 4.78 is 11.3. The molecule has 0 spiro atoms. The van der Waals surface area contributed by atoms with E-state index in [-0.39, 0.29) is 23.7 Å². The van der Waals surface area contributed by atoms with E-state index in [1.165, 1.54) is 0 Å². The highest BCUT2D eigenvalue weighted by Gasteiger charge is 2.37. The Bertz CT molecular complexity index is 594. The summed E-state index contributed by atoms with van der Waals surface area (Å²) in [7, 11) is 0. The number of halogens is 1. The molecule has 1 N–H and O–H groups in total. The fourth-order valence-corrected chi connectivity index (χ4v) is 4.23. The summed E-state index contributed by atoms with van der Waals surface area (Å²) in [6.07, 6.45) is 1.84. The van der Waals surface area contributed by atoms with Crippen molar-refractivity contribution in [2.24, 2.45) is 0 Å². The van der Waals surface area contributed by atoms with Crippen molar-refractivity contribution in [1.29, 1.82) is 0 Å². The number of nitrogens with one attached hydrogen (secondary N) is 1. The van der Waals surface area contributed by atoms with E-state index in [2.05, 4.69) is 11.4 Å².